The maximum Gasteiger partial charge on any atom is 0.293 e. The molecule has 1 aromatic heterocycles. The molecule has 0 N–H and O–H groups in total. The Morgan fingerprint density at radius 1 is 1.58 bits per heavy atom. The lowest BCUT2D eigenvalue weighted by atomic mass is 10.3. The molecule has 0 aliphatic carbocycles. The van der Waals surface area contributed by atoms with Gasteiger partial charge in [0, 0.05) is 22.8 Å². The lowest BCUT2D eigenvalue weighted by Gasteiger charge is -1.98. The van der Waals surface area contributed by atoms with Crippen LogP contribution in [0.1, 0.15) is 5.69 Å². The van der Waals surface area contributed by atoms with E-state index in [2.05, 4.69) is 25.7 Å². The lowest BCUT2D eigenvalue weighted by molar-refractivity contribution is -0.128. The second-order valence-electron chi connectivity index (χ2n) is 2.18. The molecule has 0 saturated carbocycles. The third kappa shape index (κ3) is 3.00. The number of aromatic nitrogens is 1. The summed E-state index contributed by atoms with van der Waals surface area (Å²) >= 11 is 3.28. The van der Waals surface area contributed by atoms with Crippen LogP contribution >= 0.6 is 15.9 Å². The molecule has 0 aliphatic heterocycles. The summed E-state index contributed by atoms with van der Waals surface area (Å²) in [6.45, 7) is 0.830. The van der Waals surface area contributed by atoms with E-state index in [0.29, 0.717) is 19.5 Å². The maximum atomic E-state index is 9.80. The van der Waals surface area contributed by atoms with Gasteiger partial charge >= 0.3 is 0 Å². The van der Waals surface area contributed by atoms with Gasteiger partial charge in [0.05, 0.1) is 6.61 Å². The minimum absolute atomic E-state index is 0.387. The van der Waals surface area contributed by atoms with Gasteiger partial charge in [-0.25, -0.2) is 0 Å². The SMILES string of the molecule is O=COCCc1ccc(Br)cn1. The van der Waals surface area contributed by atoms with Crippen LogP contribution < -0.4 is 0 Å². The molecule has 0 atom stereocenters. The first kappa shape index (κ1) is 9.19. The van der Waals surface area contributed by atoms with Gasteiger partial charge in [-0.05, 0) is 28.1 Å². The highest BCUT2D eigenvalue weighted by Gasteiger charge is 1.93. The van der Waals surface area contributed by atoms with E-state index in [0.717, 1.165) is 10.2 Å². The summed E-state index contributed by atoms with van der Waals surface area (Å²) in [5.74, 6) is 0. The quantitative estimate of drug-likeness (QED) is 0.582. The van der Waals surface area contributed by atoms with Crippen LogP contribution in [0, 0.1) is 0 Å². The summed E-state index contributed by atoms with van der Waals surface area (Å²) in [5, 5.41) is 0. The molecule has 0 radical (unpaired) electrons. The minimum atomic E-state index is 0.387. The highest BCUT2D eigenvalue weighted by Crippen LogP contribution is 2.07. The molecule has 0 fully saturated rings. The van der Waals surface area contributed by atoms with Crippen molar-refractivity contribution in [3.05, 3.63) is 28.5 Å². The van der Waals surface area contributed by atoms with Gasteiger partial charge in [-0.3, -0.25) is 9.78 Å². The van der Waals surface area contributed by atoms with Crippen LogP contribution in [0.3, 0.4) is 0 Å². The van der Waals surface area contributed by atoms with Gasteiger partial charge in [0.2, 0.25) is 0 Å². The number of halogens is 1. The van der Waals surface area contributed by atoms with Crippen LogP contribution in [-0.2, 0) is 16.0 Å². The second-order valence-corrected chi connectivity index (χ2v) is 3.10. The lowest BCUT2D eigenvalue weighted by Crippen LogP contribution is -1.98. The van der Waals surface area contributed by atoms with Crippen LogP contribution in [0.4, 0.5) is 0 Å². The molecule has 3 nitrogen and oxygen atoms in total. The second kappa shape index (κ2) is 4.87. The van der Waals surface area contributed by atoms with Crippen molar-refractivity contribution in [1.29, 1.82) is 0 Å². The molecule has 0 saturated heterocycles. The number of rotatable bonds is 4. The molecular formula is C8H8BrNO2. The third-order valence-electron chi connectivity index (χ3n) is 1.33. The fourth-order valence-corrected chi connectivity index (χ4v) is 1.00. The number of pyridine rings is 1. The molecule has 4 heteroatoms. The molecule has 64 valence electrons. The van der Waals surface area contributed by atoms with Gasteiger partial charge in [0.15, 0.2) is 0 Å². The largest absolute Gasteiger partial charge is 0.467 e. The molecular weight excluding hydrogens is 222 g/mol. The van der Waals surface area contributed by atoms with Crippen molar-refractivity contribution < 1.29 is 9.53 Å². The Morgan fingerprint density at radius 2 is 2.42 bits per heavy atom. The zero-order valence-electron chi connectivity index (χ0n) is 6.37. The van der Waals surface area contributed by atoms with E-state index in [4.69, 9.17) is 0 Å². The van der Waals surface area contributed by atoms with Crippen molar-refractivity contribution in [2.24, 2.45) is 0 Å². The Bertz CT molecular complexity index is 248. The molecule has 0 bridgehead atoms. The minimum Gasteiger partial charge on any atom is -0.467 e. The topological polar surface area (TPSA) is 39.2 Å². The van der Waals surface area contributed by atoms with Gasteiger partial charge in [0.25, 0.3) is 6.47 Å². The molecule has 1 heterocycles. The van der Waals surface area contributed by atoms with E-state index < -0.39 is 0 Å². The normalized spacial score (nSPS) is 9.42. The average molecular weight is 230 g/mol. The first-order valence-electron chi connectivity index (χ1n) is 3.48. The number of carbonyl (C=O) groups excluding carboxylic acids is 1. The summed E-state index contributed by atoms with van der Waals surface area (Å²) < 4.78 is 5.48. The molecule has 0 spiro atoms. The Kier molecular flexibility index (Phi) is 3.73. The van der Waals surface area contributed by atoms with Crippen LogP contribution in [0.2, 0.25) is 0 Å². The van der Waals surface area contributed by atoms with Gasteiger partial charge in [-0.2, -0.15) is 0 Å². The number of carbonyl (C=O) groups is 1. The van der Waals surface area contributed by atoms with Crippen LogP contribution in [0.25, 0.3) is 0 Å². The van der Waals surface area contributed by atoms with Crippen molar-refractivity contribution in [1.82, 2.24) is 4.98 Å². The summed E-state index contributed by atoms with van der Waals surface area (Å²) in [6, 6.07) is 3.79. The van der Waals surface area contributed by atoms with E-state index in [1.54, 1.807) is 6.20 Å². The number of hydrogen-bond donors (Lipinski definition) is 0. The van der Waals surface area contributed by atoms with Crippen LogP contribution in [-0.4, -0.2) is 18.1 Å². The summed E-state index contributed by atoms with van der Waals surface area (Å²) in [5.41, 5.74) is 0.917. The third-order valence-corrected chi connectivity index (χ3v) is 1.80. The Hall–Kier alpha value is -0.900. The summed E-state index contributed by atoms with van der Waals surface area (Å²) in [4.78, 5) is 13.9. The molecule has 1 rings (SSSR count). The van der Waals surface area contributed by atoms with Crippen molar-refractivity contribution in [3.63, 3.8) is 0 Å². The number of ether oxygens (including phenoxy) is 1. The van der Waals surface area contributed by atoms with Crippen LogP contribution in [0.5, 0.6) is 0 Å². The van der Waals surface area contributed by atoms with Crippen molar-refractivity contribution in [2.75, 3.05) is 6.61 Å². The van der Waals surface area contributed by atoms with Gasteiger partial charge < -0.3 is 4.74 Å². The van der Waals surface area contributed by atoms with E-state index in [1.807, 2.05) is 12.1 Å². The number of hydrogen-bond acceptors (Lipinski definition) is 3. The molecule has 12 heavy (non-hydrogen) atoms. The molecule has 0 aromatic carbocycles. The molecule has 0 amide bonds. The zero-order chi connectivity index (χ0) is 8.81. The van der Waals surface area contributed by atoms with Gasteiger partial charge in [-0.1, -0.05) is 0 Å². The Labute approximate surface area is 78.9 Å². The Balaban J connectivity index is 2.42. The summed E-state index contributed by atoms with van der Waals surface area (Å²) in [7, 11) is 0. The molecule has 0 aliphatic rings. The number of nitrogens with zero attached hydrogens (tertiary/aromatic N) is 1. The van der Waals surface area contributed by atoms with E-state index in [9.17, 15) is 4.79 Å². The standard InChI is InChI=1S/C8H8BrNO2/c9-7-1-2-8(10-5-7)3-4-12-6-11/h1-2,5-6H,3-4H2. The van der Waals surface area contributed by atoms with E-state index in [1.165, 1.54) is 0 Å². The van der Waals surface area contributed by atoms with Crippen molar-refractivity contribution in [2.45, 2.75) is 6.42 Å². The van der Waals surface area contributed by atoms with E-state index in [-0.39, 0.29) is 0 Å². The predicted molar refractivity (Wildman–Crippen MR) is 47.7 cm³/mol. The van der Waals surface area contributed by atoms with E-state index >= 15 is 0 Å². The smallest absolute Gasteiger partial charge is 0.293 e. The first-order valence-corrected chi connectivity index (χ1v) is 4.28. The fourth-order valence-electron chi connectivity index (χ4n) is 0.766. The highest BCUT2D eigenvalue weighted by molar-refractivity contribution is 9.10. The van der Waals surface area contributed by atoms with Crippen molar-refractivity contribution >= 4 is 22.4 Å². The monoisotopic (exact) mass is 229 g/mol. The van der Waals surface area contributed by atoms with Crippen LogP contribution in [0.15, 0.2) is 22.8 Å². The zero-order valence-corrected chi connectivity index (χ0v) is 7.95. The molecule has 1 aromatic rings. The fraction of sp³-hybridized carbons (Fsp3) is 0.250. The van der Waals surface area contributed by atoms with Crippen molar-refractivity contribution in [3.8, 4) is 0 Å². The first-order chi connectivity index (χ1) is 5.83. The van der Waals surface area contributed by atoms with Gasteiger partial charge in [-0.15, -0.1) is 0 Å². The highest BCUT2D eigenvalue weighted by atomic mass is 79.9. The maximum absolute atomic E-state index is 9.80. The Morgan fingerprint density at radius 3 is 3.00 bits per heavy atom. The van der Waals surface area contributed by atoms with Gasteiger partial charge in [0.1, 0.15) is 0 Å². The summed E-state index contributed by atoms with van der Waals surface area (Å²) in [6.07, 6.45) is 2.38. The predicted octanol–water partition coefficient (Wildman–Crippen LogP) is 1.56. The molecule has 0 unspecified atom stereocenters. The average Bonchev–Trinajstić information content (AvgIpc) is 2.09.